The van der Waals surface area contributed by atoms with Crippen molar-refractivity contribution in [1.29, 1.82) is 0 Å². The van der Waals surface area contributed by atoms with E-state index in [9.17, 15) is 18.4 Å². The molecule has 1 aliphatic heterocycles. The highest BCUT2D eigenvalue weighted by Crippen LogP contribution is 2.40. The number of carbonyl (C=O) groups is 2. The van der Waals surface area contributed by atoms with Gasteiger partial charge in [-0.1, -0.05) is 34.1 Å². The summed E-state index contributed by atoms with van der Waals surface area (Å²) in [5, 5.41) is 0.671. The molecule has 4 nitrogen and oxygen atoms in total. The van der Waals surface area contributed by atoms with Crippen LogP contribution in [0.25, 0.3) is 11.1 Å². The second-order valence-electron chi connectivity index (χ2n) is 7.58. The molecule has 0 saturated carbocycles. The fourth-order valence-electron chi connectivity index (χ4n) is 3.30. The number of unbranched alkanes of at least 4 members (excludes halogenated alkanes) is 1. The molecule has 166 valence electrons. The maximum atomic E-state index is 14.2. The van der Waals surface area contributed by atoms with Crippen LogP contribution in [0.4, 0.5) is 8.78 Å². The first-order valence-electron chi connectivity index (χ1n) is 10.1. The Balaban J connectivity index is 1.71. The van der Waals surface area contributed by atoms with Crippen molar-refractivity contribution in [3.63, 3.8) is 0 Å². The second kappa shape index (κ2) is 11.0. The molecule has 0 spiro atoms. The lowest BCUT2D eigenvalue weighted by Crippen LogP contribution is -2.23. The van der Waals surface area contributed by atoms with Crippen molar-refractivity contribution in [1.82, 2.24) is 4.90 Å². The summed E-state index contributed by atoms with van der Waals surface area (Å²) in [6.07, 6.45) is 4.27. The zero-order valence-corrected chi connectivity index (χ0v) is 19.2. The van der Waals surface area contributed by atoms with Gasteiger partial charge in [0.15, 0.2) is 0 Å². The molecule has 1 saturated heterocycles. The van der Waals surface area contributed by atoms with Gasteiger partial charge < -0.3 is 9.64 Å². The molecule has 1 fully saturated rings. The molecule has 1 heterocycles. The van der Waals surface area contributed by atoms with Crippen molar-refractivity contribution in [2.75, 3.05) is 19.8 Å². The minimum absolute atomic E-state index is 0.137. The Morgan fingerprint density at radius 1 is 1.13 bits per heavy atom. The number of esters is 1. The largest absolute Gasteiger partial charge is 0.426 e. The summed E-state index contributed by atoms with van der Waals surface area (Å²) >= 11 is 0. The fourth-order valence-corrected chi connectivity index (χ4v) is 6.33. The Bertz CT molecular complexity index is 946. The highest BCUT2D eigenvalue weighted by molar-refractivity contribution is 8.77. The van der Waals surface area contributed by atoms with E-state index in [0.29, 0.717) is 10.8 Å². The van der Waals surface area contributed by atoms with Crippen LogP contribution in [0.5, 0.6) is 5.75 Å². The van der Waals surface area contributed by atoms with Crippen LogP contribution in [0.1, 0.15) is 42.5 Å². The fraction of sp³-hybridized carbons (Fsp3) is 0.391. The van der Waals surface area contributed by atoms with Gasteiger partial charge in [0.05, 0.1) is 5.56 Å². The average molecular weight is 466 g/mol. The molecule has 2 aromatic carbocycles. The van der Waals surface area contributed by atoms with Gasteiger partial charge in [0.25, 0.3) is 5.91 Å². The molecule has 31 heavy (non-hydrogen) atoms. The lowest BCUT2D eigenvalue weighted by molar-refractivity contribution is -0.134. The molecule has 1 atom stereocenters. The molecule has 8 heteroatoms. The van der Waals surface area contributed by atoms with E-state index < -0.39 is 17.6 Å². The first-order chi connectivity index (χ1) is 14.8. The SMILES string of the molecule is CN(C)C(=O)c1cc(-c2ccc(F)cc2F)ccc1OC(=O)CCCC[C@H]1CCSS1. The number of halogens is 2. The Hall–Kier alpha value is -2.06. The summed E-state index contributed by atoms with van der Waals surface area (Å²) in [4.78, 5) is 26.4. The smallest absolute Gasteiger partial charge is 0.311 e. The summed E-state index contributed by atoms with van der Waals surface area (Å²) in [6.45, 7) is 0. The van der Waals surface area contributed by atoms with Crippen molar-refractivity contribution in [3.05, 3.63) is 53.6 Å². The highest BCUT2D eigenvalue weighted by Gasteiger charge is 2.20. The van der Waals surface area contributed by atoms with Gasteiger partial charge in [-0.05, 0) is 49.1 Å². The van der Waals surface area contributed by atoms with Crippen LogP contribution in [0.15, 0.2) is 36.4 Å². The third-order valence-electron chi connectivity index (χ3n) is 4.97. The lowest BCUT2D eigenvalue weighted by atomic mass is 10.0. The monoisotopic (exact) mass is 465 g/mol. The van der Waals surface area contributed by atoms with E-state index in [1.165, 1.54) is 35.3 Å². The molecule has 0 unspecified atom stereocenters. The number of hydrogen-bond acceptors (Lipinski definition) is 5. The second-order valence-corrected chi connectivity index (χ2v) is 10.4. The van der Waals surface area contributed by atoms with E-state index in [0.717, 1.165) is 31.4 Å². The number of ether oxygens (including phenoxy) is 1. The number of hydrogen-bond donors (Lipinski definition) is 0. The van der Waals surface area contributed by atoms with Gasteiger partial charge in [-0.3, -0.25) is 9.59 Å². The van der Waals surface area contributed by atoms with Crippen LogP contribution in [-0.4, -0.2) is 41.9 Å². The molecule has 0 aromatic heterocycles. The number of nitrogens with zero attached hydrogens (tertiary/aromatic N) is 1. The van der Waals surface area contributed by atoms with Gasteiger partial charge >= 0.3 is 5.97 Å². The molecule has 0 N–H and O–H groups in total. The van der Waals surface area contributed by atoms with Crippen molar-refractivity contribution >= 4 is 33.5 Å². The van der Waals surface area contributed by atoms with Crippen molar-refractivity contribution in [2.24, 2.45) is 0 Å². The van der Waals surface area contributed by atoms with Crippen LogP contribution in [0.3, 0.4) is 0 Å². The summed E-state index contributed by atoms with van der Waals surface area (Å²) in [5.41, 5.74) is 0.711. The maximum absolute atomic E-state index is 14.2. The van der Waals surface area contributed by atoms with Gasteiger partial charge in [0, 0.05) is 43.1 Å². The van der Waals surface area contributed by atoms with Crippen molar-refractivity contribution in [2.45, 2.75) is 37.4 Å². The van der Waals surface area contributed by atoms with E-state index in [2.05, 4.69) is 0 Å². The quantitative estimate of drug-likeness (QED) is 0.209. The third-order valence-corrected chi connectivity index (χ3v) is 7.97. The van der Waals surface area contributed by atoms with Crippen LogP contribution < -0.4 is 4.74 Å². The zero-order valence-electron chi connectivity index (χ0n) is 17.5. The summed E-state index contributed by atoms with van der Waals surface area (Å²) < 4.78 is 32.9. The normalized spacial score (nSPS) is 15.7. The predicted molar refractivity (Wildman–Crippen MR) is 122 cm³/mol. The number of amides is 1. The summed E-state index contributed by atoms with van der Waals surface area (Å²) in [6, 6.07) is 7.77. The minimum Gasteiger partial charge on any atom is -0.426 e. The highest BCUT2D eigenvalue weighted by atomic mass is 33.1. The van der Waals surface area contributed by atoms with Crippen LogP contribution in [-0.2, 0) is 4.79 Å². The Morgan fingerprint density at radius 3 is 2.61 bits per heavy atom. The molecule has 1 amide bonds. The Morgan fingerprint density at radius 2 is 1.94 bits per heavy atom. The van der Waals surface area contributed by atoms with Crippen LogP contribution in [0.2, 0.25) is 0 Å². The first kappa shape index (κ1) is 23.6. The summed E-state index contributed by atoms with van der Waals surface area (Å²) in [5.74, 6) is -0.853. The molecule has 0 radical (unpaired) electrons. The van der Waals surface area contributed by atoms with E-state index in [1.54, 1.807) is 20.2 Å². The van der Waals surface area contributed by atoms with E-state index in [-0.39, 0.29) is 29.2 Å². The van der Waals surface area contributed by atoms with E-state index >= 15 is 0 Å². The Labute approximate surface area is 189 Å². The molecular formula is C23H25F2NO3S2. The Kier molecular flexibility index (Phi) is 8.37. The molecule has 3 rings (SSSR count). The average Bonchev–Trinajstić information content (AvgIpc) is 3.25. The van der Waals surface area contributed by atoms with Gasteiger partial charge in [-0.25, -0.2) is 8.78 Å². The number of rotatable bonds is 8. The predicted octanol–water partition coefficient (Wildman–Crippen LogP) is 5.95. The van der Waals surface area contributed by atoms with Gasteiger partial charge in [-0.15, -0.1) is 0 Å². The summed E-state index contributed by atoms with van der Waals surface area (Å²) in [7, 11) is 6.99. The lowest BCUT2D eigenvalue weighted by Gasteiger charge is -2.16. The number of carbonyl (C=O) groups excluding carboxylic acids is 2. The van der Waals surface area contributed by atoms with Crippen molar-refractivity contribution < 1.29 is 23.1 Å². The first-order valence-corrected chi connectivity index (χ1v) is 12.5. The number of benzene rings is 2. The molecule has 2 aromatic rings. The van der Waals surface area contributed by atoms with Crippen LogP contribution in [0, 0.1) is 11.6 Å². The van der Waals surface area contributed by atoms with Gasteiger partial charge in [-0.2, -0.15) is 0 Å². The molecular weight excluding hydrogens is 440 g/mol. The van der Waals surface area contributed by atoms with Gasteiger partial charge in [0.2, 0.25) is 0 Å². The maximum Gasteiger partial charge on any atom is 0.311 e. The van der Waals surface area contributed by atoms with Crippen LogP contribution >= 0.6 is 21.6 Å². The molecule has 1 aliphatic rings. The van der Waals surface area contributed by atoms with E-state index in [1.807, 2.05) is 21.6 Å². The van der Waals surface area contributed by atoms with Gasteiger partial charge in [0.1, 0.15) is 17.4 Å². The minimum atomic E-state index is -0.730. The van der Waals surface area contributed by atoms with Crippen molar-refractivity contribution in [3.8, 4) is 16.9 Å². The standard InChI is InChI=1S/C23H25F2NO3S2/c1-26(2)23(28)19-13-15(18-9-8-16(24)14-20(18)25)7-10-21(19)29-22(27)6-4-3-5-17-11-12-30-31-17/h7-10,13-14,17H,3-6,11-12H2,1-2H3/t17-/m0/s1. The molecule has 0 aliphatic carbocycles. The zero-order chi connectivity index (χ0) is 22.4. The topological polar surface area (TPSA) is 46.6 Å². The third kappa shape index (κ3) is 6.46. The molecule has 0 bridgehead atoms. The van der Waals surface area contributed by atoms with E-state index in [4.69, 9.17) is 4.74 Å².